The Hall–Kier alpha value is -2.53. The summed E-state index contributed by atoms with van der Waals surface area (Å²) in [6.07, 6.45) is 3.71. The van der Waals surface area contributed by atoms with Crippen molar-refractivity contribution >= 4 is 40.5 Å². The molecule has 1 fully saturated rings. The molecule has 2 aromatic rings. The van der Waals surface area contributed by atoms with Gasteiger partial charge in [0.1, 0.15) is 0 Å². The van der Waals surface area contributed by atoms with Gasteiger partial charge in [0, 0.05) is 24.0 Å². The first-order valence-corrected chi connectivity index (χ1v) is 11.1. The molecule has 0 saturated carbocycles. The van der Waals surface area contributed by atoms with Crippen LogP contribution in [0.4, 0.5) is 11.4 Å². The molecule has 4 rings (SSSR count). The van der Waals surface area contributed by atoms with Crippen LogP contribution in [-0.4, -0.2) is 30.2 Å². The maximum absolute atomic E-state index is 13.3. The number of imide groups is 1. The summed E-state index contributed by atoms with van der Waals surface area (Å²) in [4.78, 5) is 30.8. The van der Waals surface area contributed by atoms with E-state index in [0.29, 0.717) is 16.2 Å². The van der Waals surface area contributed by atoms with E-state index in [1.807, 2.05) is 68.4 Å². The van der Waals surface area contributed by atoms with Gasteiger partial charge >= 0.3 is 0 Å². The predicted octanol–water partition coefficient (Wildman–Crippen LogP) is 5.10. The lowest BCUT2D eigenvalue weighted by Gasteiger charge is -2.29. The molecule has 29 heavy (non-hydrogen) atoms. The normalized spacial score (nSPS) is 17.6. The van der Waals surface area contributed by atoms with Gasteiger partial charge in [-0.15, -0.1) is 11.8 Å². The first-order valence-electron chi connectivity index (χ1n) is 10.3. The van der Waals surface area contributed by atoms with Crippen molar-refractivity contribution in [1.29, 1.82) is 0 Å². The number of anilines is 2. The molecule has 5 heteroatoms. The Morgan fingerprint density at radius 3 is 2.03 bits per heavy atom. The average molecular weight is 407 g/mol. The molecule has 0 bridgehead atoms. The van der Waals surface area contributed by atoms with E-state index < -0.39 is 0 Å². The van der Waals surface area contributed by atoms with Crippen molar-refractivity contribution in [2.75, 3.05) is 22.9 Å². The highest BCUT2D eigenvalue weighted by atomic mass is 32.2. The van der Waals surface area contributed by atoms with Crippen LogP contribution in [0.2, 0.25) is 0 Å². The third kappa shape index (κ3) is 3.97. The standard InChI is InChI=1S/C24H26N2O2S/c1-17(2)29-22-21(18-9-5-3-6-10-18)23(27)26(24(22)28)20-13-11-19(12-14-20)25-15-7-4-8-16-25/h3,5-6,9-14,17H,4,7-8,15-16H2,1-2H3. The molecule has 0 aliphatic carbocycles. The summed E-state index contributed by atoms with van der Waals surface area (Å²) in [5.41, 5.74) is 3.09. The monoisotopic (exact) mass is 406 g/mol. The maximum atomic E-state index is 13.3. The predicted molar refractivity (Wildman–Crippen MR) is 121 cm³/mol. The maximum Gasteiger partial charge on any atom is 0.272 e. The first-order chi connectivity index (χ1) is 14.1. The number of thioether (sulfide) groups is 1. The van der Waals surface area contributed by atoms with Crippen LogP contribution >= 0.6 is 11.8 Å². The van der Waals surface area contributed by atoms with Gasteiger partial charge in [0.25, 0.3) is 11.8 Å². The van der Waals surface area contributed by atoms with Gasteiger partial charge in [-0.3, -0.25) is 9.59 Å². The van der Waals surface area contributed by atoms with Gasteiger partial charge in [-0.25, -0.2) is 4.90 Å². The number of nitrogens with zero attached hydrogens (tertiary/aromatic N) is 2. The zero-order chi connectivity index (χ0) is 20.4. The summed E-state index contributed by atoms with van der Waals surface area (Å²) < 4.78 is 0. The highest BCUT2D eigenvalue weighted by Gasteiger charge is 2.40. The fourth-order valence-corrected chi connectivity index (χ4v) is 4.90. The minimum Gasteiger partial charge on any atom is -0.372 e. The number of piperidine rings is 1. The van der Waals surface area contributed by atoms with Crippen molar-refractivity contribution in [3.63, 3.8) is 0 Å². The Morgan fingerprint density at radius 1 is 0.793 bits per heavy atom. The van der Waals surface area contributed by atoms with Crippen LogP contribution in [-0.2, 0) is 9.59 Å². The van der Waals surface area contributed by atoms with Gasteiger partial charge in [-0.2, -0.15) is 0 Å². The Kier molecular flexibility index (Phi) is 5.76. The molecule has 0 radical (unpaired) electrons. The third-order valence-corrected chi connectivity index (χ3v) is 6.37. The molecule has 4 nitrogen and oxygen atoms in total. The van der Waals surface area contributed by atoms with Gasteiger partial charge in [0.05, 0.1) is 16.2 Å². The van der Waals surface area contributed by atoms with Crippen LogP contribution in [0.5, 0.6) is 0 Å². The summed E-state index contributed by atoms with van der Waals surface area (Å²) >= 11 is 1.46. The lowest BCUT2D eigenvalue weighted by Crippen LogP contribution is -2.32. The number of hydrogen-bond acceptors (Lipinski definition) is 4. The summed E-state index contributed by atoms with van der Waals surface area (Å²) in [6.45, 7) is 6.20. The number of benzene rings is 2. The van der Waals surface area contributed by atoms with Crippen LogP contribution in [0.1, 0.15) is 38.7 Å². The molecule has 1 saturated heterocycles. The summed E-state index contributed by atoms with van der Waals surface area (Å²) in [5, 5.41) is 0.210. The van der Waals surface area contributed by atoms with E-state index in [4.69, 9.17) is 0 Å². The number of amides is 2. The second-order valence-electron chi connectivity index (χ2n) is 7.75. The second-order valence-corrected chi connectivity index (χ2v) is 9.33. The van der Waals surface area contributed by atoms with Crippen molar-refractivity contribution in [1.82, 2.24) is 0 Å². The van der Waals surface area contributed by atoms with E-state index in [9.17, 15) is 9.59 Å². The fourth-order valence-electron chi connectivity index (χ4n) is 3.91. The molecule has 2 amide bonds. The van der Waals surface area contributed by atoms with Gasteiger partial charge in [-0.1, -0.05) is 44.2 Å². The largest absolute Gasteiger partial charge is 0.372 e. The molecule has 2 aromatic carbocycles. The topological polar surface area (TPSA) is 40.6 Å². The molecule has 0 unspecified atom stereocenters. The highest BCUT2D eigenvalue weighted by Crippen LogP contribution is 2.40. The minimum absolute atomic E-state index is 0.210. The molecule has 2 aliphatic heterocycles. The number of hydrogen-bond donors (Lipinski definition) is 0. The zero-order valence-electron chi connectivity index (χ0n) is 16.9. The molecule has 150 valence electrons. The molecular formula is C24H26N2O2S. The average Bonchev–Trinajstić information content (AvgIpc) is 2.98. The van der Waals surface area contributed by atoms with Gasteiger partial charge < -0.3 is 4.90 Å². The third-order valence-electron chi connectivity index (χ3n) is 5.29. The lowest BCUT2D eigenvalue weighted by atomic mass is 10.1. The molecule has 0 atom stereocenters. The quantitative estimate of drug-likeness (QED) is 0.648. The van der Waals surface area contributed by atoms with E-state index >= 15 is 0 Å². The summed E-state index contributed by atoms with van der Waals surface area (Å²) in [5.74, 6) is -0.464. The number of carbonyl (C=O) groups is 2. The van der Waals surface area contributed by atoms with Crippen LogP contribution in [0.25, 0.3) is 5.57 Å². The van der Waals surface area contributed by atoms with Crippen LogP contribution in [0, 0.1) is 0 Å². The summed E-state index contributed by atoms with van der Waals surface area (Å²) in [6, 6.07) is 17.3. The Bertz CT molecular complexity index is 929. The SMILES string of the molecule is CC(C)SC1=C(c2ccccc2)C(=O)N(c2ccc(N3CCCCC3)cc2)C1=O. The van der Waals surface area contributed by atoms with Crippen molar-refractivity contribution in [3.8, 4) is 0 Å². The van der Waals surface area contributed by atoms with Crippen molar-refractivity contribution < 1.29 is 9.59 Å². The minimum atomic E-state index is -0.241. The Morgan fingerprint density at radius 2 is 1.41 bits per heavy atom. The van der Waals surface area contributed by atoms with Gasteiger partial charge in [0.15, 0.2) is 0 Å². The smallest absolute Gasteiger partial charge is 0.272 e. The van der Waals surface area contributed by atoms with E-state index in [1.54, 1.807) is 0 Å². The lowest BCUT2D eigenvalue weighted by molar-refractivity contribution is -0.119. The van der Waals surface area contributed by atoms with Gasteiger partial charge in [0.2, 0.25) is 0 Å². The van der Waals surface area contributed by atoms with Crippen LogP contribution in [0.15, 0.2) is 59.5 Å². The first kappa shape index (κ1) is 19.8. The van der Waals surface area contributed by atoms with Crippen molar-refractivity contribution in [2.24, 2.45) is 0 Å². The molecule has 2 heterocycles. The Balaban J connectivity index is 1.65. The number of rotatable bonds is 5. The number of carbonyl (C=O) groups excluding carboxylic acids is 2. The fraction of sp³-hybridized carbons (Fsp3) is 0.333. The molecule has 0 N–H and O–H groups in total. The highest BCUT2D eigenvalue weighted by molar-refractivity contribution is 8.04. The van der Waals surface area contributed by atoms with E-state index in [0.717, 1.165) is 24.3 Å². The van der Waals surface area contributed by atoms with Gasteiger partial charge in [-0.05, 0) is 49.1 Å². The van der Waals surface area contributed by atoms with E-state index in [2.05, 4.69) is 4.90 Å². The molecule has 0 spiro atoms. The van der Waals surface area contributed by atoms with Crippen molar-refractivity contribution in [3.05, 3.63) is 65.1 Å². The molecular weight excluding hydrogens is 380 g/mol. The van der Waals surface area contributed by atoms with E-state index in [1.165, 1.54) is 35.9 Å². The molecule has 0 aromatic heterocycles. The zero-order valence-corrected chi connectivity index (χ0v) is 17.7. The Labute approximate surface area is 176 Å². The second kappa shape index (κ2) is 8.46. The van der Waals surface area contributed by atoms with Crippen molar-refractivity contribution in [2.45, 2.75) is 38.4 Å². The molecule has 2 aliphatic rings. The van der Waals surface area contributed by atoms with Crippen LogP contribution < -0.4 is 9.80 Å². The van der Waals surface area contributed by atoms with E-state index in [-0.39, 0.29) is 17.1 Å². The summed E-state index contributed by atoms with van der Waals surface area (Å²) in [7, 11) is 0. The van der Waals surface area contributed by atoms with Crippen LogP contribution in [0.3, 0.4) is 0 Å².